The summed E-state index contributed by atoms with van der Waals surface area (Å²) in [5.74, 6) is 0. The van der Waals surface area contributed by atoms with Gasteiger partial charge in [0.15, 0.2) is 0 Å². The molecule has 0 spiro atoms. The SMILES string of the molecule is CCN(CC)c1ccc(N=Nc2ccc([N+](=O)[O-])cc2)c(C)c1. The minimum Gasteiger partial charge on any atom is -0.372 e. The van der Waals surface area contributed by atoms with E-state index in [2.05, 4.69) is 35.0 Å². The van der Waals surface area contributed by atoms with Crippen molar-refractivity contribution in [3.63, 3.8) is 0 Å². The first kappa shape index (κ1) is 16.6. The van der Waals surface area contributed by atoms with Crippen LogP contribution in [0.5, 0.6) is 0 Å². The molecule has 0 saturated carbocycles. The fourth-order valence-corrected chi connectivity index (χ4v) is 2.29. The molecule has 2 aromatic rings. The normalized spacial score (nSPS) is 10.9. The molecular formula is C17H20N4O2. The van der Waals surface area contributed by atoms with Crippen molar-refractivity contribution in [1.29, 1.82) is 0 Å². The Morgan fingerprint density at radius 2 is 1.70 bits per heavy atom. The van der Waals surface area contributed by atoms with Crippen molar-refractivity contribution in [3.05, 3.63) is 58.1 Å². The lowest BCUT2D eigenvalue weighted by Crippen LogP contribution is -2.21. The largest absolute Gasteiger partial charge is 0.372 e. The molecule has 23 heavy (non-hydrogen) atoms. The van der Waals surface area contributed by atoms with Crippen LogP contribution in [0.2, 0.25) is 0 Å². The second kappa shape index (κ2) is 7.49. The molecule has 0 aliphatic carbocycles. The fourth-order valence-electron chi connectivity index (χ4n) is 2.29. The summed E-state index contributed by atoms with van der Waals surface area (Å²) in [5, 5.41) is 19.0. The molecule has 0 N–H and O–H groups in total. The molecule has 6 nitrogen and oxygen atoms in total. The van der Waals surface area contributed by atoms with E-state index in [0.717, 1.165) is 24.3 Å². The van der Waals surface area contributed by atoms with Crippen molar-refractivity contribution in [1.82, 2.24) is 0 Å². The van der Waals surface area contributed by atoms with E-state index >= 15 is 0 Å². The summed E-state index contributed by atoms with van der Waals surface area (Å²) >= 11 is 0. The highest BCUT2D eigenvalue weighted by Gasteiger charge is 2.05. The van der Waals surface area contributed by atoms with Crippen LogP contribution in [0.4, 0.5) is 22.7 Å². The minimum absolute atomic E-state index is 0.0451. The van der Waals surface area contributed by atoms with Crippen molar-refractivity contribution in [2.75, 3.05) is 18.0 Å². The summed E-state index contributed by atoms with van der Waals surface area (Å²) in [6.07, 6.45) is 0. The highest BCUT2D eigenvalue weighted by Crippen LogP contribution is 2.27. The number of anilines is 1. The lowest BCUT2D eigenvalue weighted by atomic mass is 10.1. The summed E-state index contributed by atoms with van der Waals surface area (Å²) in [7, 11) is 0. The second-order valence-electron chi connectivity index (χ2n) is 5.12. The fraction of sp³-hybridized carbons (Fsp3) is 0.294. The topological polar surface area (TPSA) is 71.1 Å². The zero-order valence-electron chi connectivity index (χ0n) is 13.6. The molecule has 2 rings (SSSR count). The van der Waals surface area contributed by atoms with Gasteiger partial charge in [-0.3, -0.25) is 10.1 Å². The third-order valence-corrected chi connectivity index (χ3v) is 3.64. The third-order valence-electron chi connectivity index (χ3n) is 3.64. The molecule has 0 aliphatic rings. The van der Waals surface area contributed by atoms with Crippen molar-refractivity contribution < 1.29 is 4.92 Å². The van der Waals surface area contributed by atoms with Gasteiger partial charge in [0.1, 0.15) is 0 Å². The van der Waals surface area contributed by atoms with E-state index in [4.69, 9.17) is 0 Å². The smallest absolute Gasteiger partial charge is 0.269 e. The summed E-state index contributed by atoms with van der Waals surface area (Å²) < 4.78 is 0. The van der Waals surface area contributed by atoms with Crippen molar-refractivity contribution >= 4 is 22.7 Å². The molecule has 2 aromatic carbocycles. The van der Waals surface area contributed by atoms with Crippen LogP contribution in [0.15, 0.2) is 52.7 Å². The van der Waals surface area contributed by atoms with Gasteiger partial charge in [0.25, 0.3) is 5.69 Å². The Morgan fingerprint density at radius 3 is 2.22 bits per heavy atom. The average molecular weight is 312 g/mol. The first-order valence-electron chi connectivity index (χ1n) is 7.57. The Labute approximate surface area is 135 Å². The predicted octanol–water partition coefficient (Wildman–Crippen LogP) is 5.16. The predicted molar refractivity (Wildman–Crippen MR) is 92.0 cm³/mol. The van der Waals surface area contributed by atoms with Gasteiger partial charge in [0, 0.05) is 30.9 Å². The van der Waals surface area contributed by atoms with E-state index in [1.807, 2.05) is 19.1 Å². The molecule has 0 unspecified atom stereocenters. The minimum atomic E-state index is -0.434. The van der Waals surface area contributed by atoms with Crippen LogP contribution in [-0.4, -0.2) is 18.0 Å². The number of azo groups is 1. The average Bonchev–Trinajstić information content (AvgIpc) is 2.55. The van der Waals surface area contributed by atoms with E-state index in [1.165, 1.54) is 17.8 Å². The lowest BCUT2D eigenvalue weighted by molar-refractivity contribution is -0.384. The zero-order chi connectivity index (χ0) is 16.8. The number of hydrogen-bond donors (Lipinski definition) is 0. The van der Waals surface area contributed by atoms with E-state index < -0.39 is 4.92 Å². The van der Waals surface area contributed by atoms with Crippen LogP contribution < -0.4 is 4.90 Å². The maximum absolute atomic E-state index is 10.6. The van der Waals surface area contributed by atoms with Crippen molar-refractivity contribution in [2.24, 2.45) is 10.2 Å². The van der Waals surface area contributed by atoms with Crippen molar-refractivity contribution in [3.8, 4) is 0 Å². The van der Waals surface area contributed by atoms with E-state index in [-0.39, 0.29) is 5.69 Å². The number of rotatable bonds is 6. The highest BCUT2D eigenvalue weighted by molar-refractivity contribution is 5.57. The standard InChI is InChI=1S/C17H20N4O2/c1-4-20(5-2)16-10-11-17(13(3)12-16)19-18-14-6-8-15(9-7-14)21(22)23/h6-12H,4-5H2,1-3H3. The number of nitro benzene ring substituents is 1. The molecule has 0 fully saturated rings. The number of benzene rings is 2. The first-order chi connectivity index (χ1) is 11.0. The number of aryl methyl sites for hydroxylation is 1. The molecule has 6 heteroatoms. The van der Waals surface area contributed by atoms with Gasteiger partial charge in [-0.2, -0.15) is 10.2 Å². The summed E-state index contributed by atoms with van der Waals surface area (Å²) in [5.41, 5.74) is 3.63. The Hall–Kier alpha value is -2.76. The van der Waals surface area contributed by atoms with E-state index in [1.54, 1.807) is 12.1 Å². The molecule has 0 heterocycles. The van der Waals surface area contributed by atoms with Crippen LogP contribution in [0.1, 0.15) is 19.4 Å². The second-order valence-corrected chi connectivity index (χ2v) is 5.12. The maximum Gasteiger partial charge on any atom is 0.269 e. The first-order valence-corrected chi connectivity index (χ1v) is 7.57. The monoisotopic (exact) mass is 312 g/mol. The van der Waals surface area contributed by atoms with Gasteiger partial charge in [-0.05, 0) is 56.7 Å². The van der Waals surface area contributed by atoms with E-state index in [0.29, 0.717) is 5.69 Å². The summed E-state index contributed by atoms with van der Waals surface area (Å²) in [4.78, 5) is 12.5. The number of nitrogens with zero attached hydrogens (tertiary/aromatic N) is 4. The van der Waals surface area contributed by atoms with Gasteiger partial charge in [0.2, 0.25) is 0 Å². The molecule has 0 aromatic heterocycles. The quantitative estimate of drug-likeness (QED) is 0.420. The Kier molecular flexibility index (Phi) is 5.41. The molecule has 0 radical (unpaired) electrons. The third kappa shape index (κ3) is 4.12. The van der Waals surface area contributed by atoms with Gasteiger partial charge in [0.05, 0.1) is 16.3 Å². The molecule has 0 saturated heterocycles. The Bertz CT molecular complexity index is 707. The summed E-state index contributed by atoms with van der Waals surface area (Å²) in [6, 6.07) is 12.1. The molecule has 120 valence electrons. The van der Waals surface area contributed by atoms with Gasteiger partial charge in [-0.15, -0.1) is 0 Å². The lowest BCUT2D eigenvalue weighted by Gasteiger charge is -2.21. The zero-order valence-corrected chi connectivity index (χ0v) is 13.6. The number of hydrogen-bond acceptors (Lipinski definition) is 5. The van der Waals surface area contributed by atoms with E-state index in [9.17, 15) is 10.1 Å². The molecule has 0 bridgehead atoms. The highest BCUT2D eigenvalue weighted by atomic mass is 16.6. The van der Waals surface area contributed by atoms with Crippen LogP contribution in [0.3, 0.4) is 0 Å². The van der Waals surface area contributed by atoms with Crippen LogP contribution >= 0.6 is 0 Å². The van der Waals surface area contributed by atoms with Crippen LogP contribution in [0.25, 0.3) is 0 Å². The molecule has 0 atom stereocenters. The van der Waals surface area contributed by atoms with Crippen LogP contribution in [0, 0.1) is 17.0 Å². The van der Waals surface area contributed by atoms with Gasteiger partial charge in [-0.1, -0.05) is 0 Å². The molecule has 0 amide bonds. The maximum atomic E-state index is 10.6. The Balaban J connectivity index is 2.17. The number of nitro groups is 1. The number of non-ortho nitro benzene ring substituents is 1. The Morgan fingerprint density at radius 1 is 1.04 bits per heavy atom. The molecule has 0 aliphatic heterocycles. The van der Waals surface area contributed by atoms with Crippen LogP contribution in [-0.2, 0) is 0 Å². The van der Waals surface area contributed by atoms with Gasteiger partial charge in [-0.25, -0.2) is 0 Å². The van der Waals surface area contributed by atoms with Gasteiger partial charge < -0.3 is 4.90 Å². The van der Waals surface area contributed by atoms with Gasteiger partial charge >= 0.3 is 0 Å². The molecular weight excluding hydrogens is 292 g/mol. The summed E-state index contributed by atoms with van der Waals surface area (Å²) in [6.45, 7) is 8.17. The van der Waals surface area contributed by atoms with Crippen molar-refractivity contribution in [2.45, 2.75) is 20.8 Å².